The van der Waals surface area contributed by atoms with Crippen LogP contribution < -0.4 is 4.74 Å². The minimum absolute atomic E-state index is 0.255. The highest BCUT2D eigenvalue weighted by atomic mass is 16.5. The van der Waals surface area contributed by atoms with E-state index in [1.807, 2.05) is 31.2 Å². The fourth-order valence-electron chi connectivity index (χ4n) is 1.85. The molecule has 1 aromatic rings. The minimum Gasteiger partial charge on any atom is -0.494 e. The maximum Gasteiger partial charge on any atom is 0.338 e. The van der Waals surface area contributed by atoms with Crippen LogP contribution in [0.25, 0.3) is 0 Å². The van der Waals surface area contributed by atoms with Gasteiger partial charge >= 0.3 is 5.97 Å². The lowest BCUT2D eigenvalue weighted by molar-refractivity contribution is -0.165. The number of esters is 1. The van der Waals surface area contributed by atoms with Crippen molar-refractivity contribution in [2.24, 2.45) is 0 Å². The molecule has 0 aromatic heterocycles. The summed E-state index contributed by atoms with van der Waals surface area (Å²) in [5, 5.41) is 10.3. The van der Waals surface area contributed by atoms with Gasteiger partial charge in [-0.05, 0) is 38.0 Å². The number of benzene rings is 1. The second kappa shape index (κ2) is 7.29. The molecule has 0 spiro atoms. The molecule has 1 aromatic carbocycles. The third-order valence-electron chi connectivity index (χ3n) is 3.38. The van der Waals surface area contributed by atoms with E-state index in [2.05, 4.69) is 0 Å². The molecule has 2 unspecified atom stereocenters. The van der Waals surface area contributed by atoms with E-state index in [0.717, 1.165) is 17.7 Å². The molecule has 0 fully saturated rings. The average Bonchev–Trinajstić information content (AvgIpc) is 2.45. The van der Waals surface area contributed by atoms with Crippen LogP contribution in [0.15, 0.2) is 24.3 Å². The molecule has 0 aliphatic heterocycles. The van der Waals surface area contributed by atoms with Crippen LogP contribution in [0.1, 0.15) is 45.6 Å². The van der Waals surface area contributed by atoms with Gasteiger partial charge in [0, 0.05) is 5.92 Å². The normalized spacial score (nSPS) is 15.2. The van der Waals surface area contributed by atoms with Crippen molar-refractivity contribution < 1.29 is 19.4 Å². The van der Waals surface area contributed by atoms with Crippen molar-refractivity contribution in [3.8, 4) is 5.75 Å². The number of aliphatic hydroxyl groups is 1. The van der Waals surface area contributed by atoms with Gasteiger partial charge in [0.25, 0.3) is 0 Å². The summed E-state index contributed by atoms with van der Waals surface area (Å²) in [6.45, 7) is 7.99. The standard InChI is InChI=1S/C16H24O4/c1-5-11-20-14-9-7-13(8-10-14)12(3)16(4,18)15(17)19-6-2/h7-10,12,18H,5-6,11H2,1-4H3. The molecule has 0 aliphatic rings. The van der Waals surface area contributed by atoms with Gasteiger partial charge in [-0.1, -0.05) is 26.0 Å². The SMILES string of the molecule is CCCOc1ccc(C(C)C(C)(O)C(=O)OCC)cc1. The first-order valence-electron chi connectivity index (χ1n) is 7.05. The Labute approximate surface area is 120 Å². The highest BCUT2D eigenvalue weighted by Gasteiger charge is 2.38. The van der Waals surface area contributed by atoms with Crippen molar-refractivity contribution in [1.82, 2.24) is 0 Å². The van der Waals surface area contributed by atoms with E-state index >= 15 is 0 Å². The fourth-order valence-corrected chi connectivity index (χ4v) is 1.85. The summed E-state index contributed by atoms with van der Waals surface area (Å²) in [6.07, 6.45) is 0.954. The van der Waals surface area contributed by atoms with Gasteiger partial charge in [0.2, 0.25) is 0 Å². The van der Waals surface area contributed by atoms with E-state index in [4.69, 9.17) is 9.47 Å². The van der Waals surface area contributed by atoms with Gasteiger partial charge in [-0.25, -0.2) is 4.79 Å². The van der Waals surface area contributed by atoms with Gasteiger partial charge in [-0.3, -0.25) is 0 Å². The van der Waals surface area contributed by atoms with Crippen LogP contribution >= 0.6 is 0 Å². The first-order chi connectivity index (χ1) is 9.43. The number of rotatable bonds is 7. The molecule has 112 valence electrons. The molecular formula is C16H24O4. The second-order valence-electron chi connectivity index (χ2n) is 5.01. The predicted octanol–water partition coefficient (Wildman–Crippen LogP) is 2.89. The highest BCUT2D eigenvalue weighted by Crippen LogP contribution is 2.30. The molecule has 0 saturated carbocycles. The largest absolute Gasteiger partial charge is 0.494 e. The van der Waals surface area contributed by atoms with Gasteiger partial charge in [0.05, 0.1) is 13.2 Å². The van der Waals surface area contributed by atoms with Gasteiger partial charge in [-0.2, -0.15) is 0 Å². The Balaban J connectivity index is 2.80. The minimum atomic E-state index is -1.54. The Hall–Kier alpha value is -1.55. The Morgan fingerprint density at radius 3 is 2.40 bits per heavy atom. The summed E-state index contributed by atoms with van der Waals surface area (Å²) >= 11 is 0. The zero-order valence-corrected chi connectivity index (χ0v) is 12.7. The molecule has 0 saturated heterocycles. The predicted molar refractivity (Wildman–Crippen MR) is 77.9 cm³/mol. The first kappa shape index (κ1) is 16.5. The number of carbonyl (C=O) groups is 1. The quantitative estimate of drug-likeness (QED) is 0.780. The van der Waals surface area contributed by atoms with Crippen LogP contribution in [0.3, 0.4) is 0 Å². The number of hydrogen-bond acceptors (Lipinski definition) is 4. The molecule has 0 amide bonds. The molecule has 4 heteroatoms. The maximum absolute atomic E-state index is 11.8. The highest BCUT2D eigenvalue weighted by molar-refractivity contribution is 5.80. The van der Waals surface area contributed by atoms with Crippen LogP contribution in [-0.4, -0.2) is 29.9 Å². The monoisotopic (exact) mass is 280 g/mol. The second-order valence-corrected chi connectivity index (χ2v) is 5.01. The average molecular weight is 280 g/mol. The van der Waals surface area contributed by atoms with Crippen LogP contribution in [-0.2, 0) is 9.53 Å². The summed E-state index contributed by atoms with van der Waals surface area (Å²) < 4.78 is 10.4. The maximum atomic E-state index is 11.8. The lowest BCUT2D eigenvalue weighted by Gasteiger charge is -2.28. The van der Waals surface area contributed by atoms with Gasteiger partial charge in [0.1, 0.15) is 5.75 Å². The Kier molecular flexibility index (Phi) is 6.02. The molecule has 0 radical (unpaired) electrons. The van der Waals surface area contributed by atoms with Crippen LogP contribution in [0.4, 0.5) is 0 Å². The third kappa shape index (κ3) is 3.97. The third-order valence-corrected chi connectivity index (χ3v) is 3.38. The van der Waals surface area contributed by atoms with E-state index in [1.54, 1.807) is 13.8 Å². The molecule has 0 bridgehead atoms. The summed E-state index contributed by atoms with van der Waals surface area (Å²) in [7, 11) is 0. The Morgan fingerprint density at radius 1 is 1.30 bits per heavy atom. The molecule has 2 atom stereocenters. The summed E-state index contributed by atoms with van der Waals surface area (Å²) in [5.74, 6) is -0.167. The van der Waals surface area contributed by atoms with Crippen molar-refractivity contribution in [3.05, 3.63) is 29.8 Å². The van der Waals surface area contributed by atoms with Crippen molar-refractivity contribution in [1.29, 1.82) is 0 Å². The number of hydrogen-bond donors (Lipinski definition) is 1. The van der Waals surface area contributed by atoms with Crippen molar-refractivity contribution in [3.63, 3.8) is 0 Å². The van der Waals surface area contributed by atoms with E-state index in [9.17, 15) is 9.90 Å². The summed E-state index contributed by atoms with van der Waals surface area (Å²) in [4.78, 5) is 11.8. The molecular weight excluding hydrogens is 256 g/mol. The van der Waals surface area contributed by atoms with E-state index in [0.29, 0.717) is 6.61 Å². The van der Waals surface area contributed by atoms with Gasteiger partial charge < -0.3 is 14.6 Å². The van der Waals surface area contributed by atoms with Crippen molar-refractivity contribution in [2.75, 3.05) is 13.2 Å². The number of carbonyl (C=O) groups excluding carboxylic acids is 1. The molecule has 4 nitrogen and oxygen atoms in total. The first-order valence-corrected chi connectivity index (χ1v) is 7.05. The Bertz CT molecular complexity index is 423. The van der Waals surface area contributed by atoms with Gasteiger partial charge in [-0.15, -0.1) is 0 Å². The van der Waals surface area contributed by atoms with Crippen LogP contribution in [0.2, 0.25) is 0 Å². The zero-order chi connectivity index (χ0) is 15.2. The lowest BCUT2D eigenvalue weighted by Crippen LogP contribution is -2.41. The molecule has 20 heavy (non-hydrogen) atoms. The molecule has 1 N–H and O–H groups in total. The van der Waals surface area contributed by atoms with E-state index in [-0.39, 0.29) is 12.5 Å². The van der Waals surface area contributed by atoms with E-state index in [1.165, 1.54) is 6.92 Å². The molecule has 0 heterocycles. The van der Waals surface area contributed by atoms with E-state index < -0.39 is 11.6 Å². The fraction of sp³-hybridized carbons (Fsp3) is 0.562. The van der Waals surface area contributed by atoms with Crippen molar-refractivity contribution in [2.45, 2.75) is 45.6 Å². The topological polar surface area (TPSA) is 55.8 Å². The lowest BCUT2D eigenvalue weighted by atomic mass is 9.85. The summed E-state index contributed by atoms with van der Waals surface area (Å²) in [6, 6.07) is 7.43. The van der Waals surface area contributed by atoms with Crippen LogP contribution in [0, 0.1) is 0 Å². The smallest absolute Gasteiger partial charge is 0.338 e. The summed E-state index contributed by atoms with van der Waals surface area (Å²) in [5.41, 5.74) is -0.672. The van der Waals surface area contributed by atoms with Crippen LogP contribution in [0.5, 0.6) is 5.75 Å². The molecule has 0 aliphatic carbocycles. The number of ether oxygens (including phenoxy) is 2. The zero-order valence-electron chi connectivity index (χ0n) is 12.7. The Morgan fingerprint density at radius 2 is 1.90 bits per heavy atom. The van der Waals surface area contributed by atoms with Crippen molar-refractivity contribution >= 4 is 5.97 Å². The molecule has 1 rings (SSSR count). The van der Waals surface area contributed by atoms with Gasteiger partial charge in [0.15, 0.2) is 5.60 Å².